The van der Waals surface area contributed by atoms with Gasteiger partial charge in [0.15, 0.2) is 0 Å². The number of nitrogens with zero attached hydrogens (tertiary/aromatic N) is 1. The number of anilines is 2. The van der Waals surface area contributed by atoms with Crippen molar-refractivity contribution in [3.63, 3.8) is 0 Å². The Bertz CT molecular complexity index is 958. The van der Waals surface area contributed by atoms with E-state index in [4.69, 9.17) is 16.3 Å². The molecule has 0 aliphatic heterocycles. The van der Waals surface area contributed by atoms with E-state index in [1.807, 2.05) is 31.2 Å². The standard InChI is InChI=1S/C22H22ClN3O2/c1-15-19(23)7-4-8-20(15)26-22(27)17-9-10-21(25-14-17)24-12-11-16-5-3-6-18(13-16)28-2/h3-10,13-14H,11-12H2,1-2H3,(H,24,25)(H,26,27). The third-order valence-corrected chi connectivity index (χ3v) is 4.80. The molecule has 3 rings (SSSR count). The highest BCUT2D eigenvalue weighted by molar-refractivity contribution is 6.31. The molecule has 0 aliphatic carbocycles. The van der Waals surface area contributed by atoms with Crippen LogP contribution in [0.5, 0.6) is 5.75 Å². The highest BCUT2D eigenvalue weighted by Crippen LogP contribution is 2.23. The summed E-state index contributed by atoms with van der Waals surface area (Å²) in [5.74, 6) is 1.35. The van der Waals surface area contributed by atoms with Crippen molar-refractivity contribution >= 4 is 29.0 Å². The zero-order valence-electron chi connectivity index (χ0n) is 15.8. The van der Waals surface area contributed by atoms with E-state index in [1.165, 1.54) is 5.56 Å². The molecule has 0 atom stereocenters. The Kier molecular flexibility index (Phi) is 6.50. The Morgan fingerprint density at radius 1 is 1.14 bits per heavy atom. The molecule has 144 valence electrons. The SMILES string of the molecule is COc1cccc(CCNc2ccc(C(=O)Nc3cccc(Cl)c3C)cn2)c1. The molecule has 0 unspecified atom stereocenters. The van der Waals surface area contributed by atoms with Crippen molar-refractivity contribution in [3.05, 3.63) is 82.5 Å². The van der Waals surface area contributed by atoms with Gasteiger partial charge in [0.1, 0.15) is 11.6 Å². The third kappa shape index (κ3) is 5.02. The van der Waals surface area contributed by atoms with Gasteiger partial charge in [-0.05, 0) is 60.9 Å². The fourth-order valence-corrected chi connectivity index (χ4v) is 2.91. The summed E-state index contributed by atoms with van der Waals surface area (Å²) in [4.78, 5) is 16.7. The second-order valence-corrected chi connectivity index (χ2v) is 6.73. The normalized spacial score (nSPS) is 10.4. The largest absolute Gasteiger partial charge is 0.497 e. The van der Waals surface area contributed by atoms with Crippen LogP contribution in [0.1, 0.15) is 21.5 Å². The summed E-state index contributed by atoms with van der Waals surface area (Å²) in [7, 11) is 1.66. The van der Waals surface area contributed by atoms with Gasteiger partial charge in [0.05, 0.1) is 12.7 Å². The molecule has 0 saturated heterocycles. The van der Waals surface area contributed by atoms with Gasteiger partial charge >= 0.3 is 0 Å². The van der Waals surface area contributed by atoms with Gasteiger partial charge < -0.3 is 15.4 Å². The first-order chi connectivity index (χ1) is 13.6. The van der Waals surface area contributed by atoms with Crippen LogP contribution >= 0.6 is 11.6 Å². The molecular formula is C22H22ClN3O2. The maximum Gasteiger partial charge on any atom is 0.257 e. The summed E-state index contributed by atoms with van der Waals surface area (Å²) in [5.41, 5.74) is 3.19. The molecule has 1 amide bonds. The van der Waals surface area contributed by atoms with E-state index in [0.29, 0.717) is 16.3 Å². The Labute approximate surface area is 169 Å². The van der Waals surface area contributed by atoms with Gasteiger partial charge in [-0.25, -0.2) is 4.98 Å². The monoisotopic (exact) mass is 395 g/mol. The van der Waals surface area contributed by atoms with Crippen molar-refractivity contribution in [1.82, 2.24) is 4.98 Å². The maximum absolute atomic E-state index is 12.4. The van der Waals surface area contributed by atoms with E-state index in [2.05, 4.69) is 21.7 Å². The van der Waals surface area contributed by atoms with Crippen LogP contribution in [-0.2, 0) is 6.42 Å². The van der Waals surface area contributed by atoms with Crippen LogP contribution in [0, 0.1) is 6.92 Å². The number of carbonyl (C=O) groups is 1. The van der Waals surface area contributed by atoms with Crippen molar-refractivity contribution in [1.29, 1.82) is 0 Å². The number of ether oxygens (including phenoxy) is 1. The van der Waals surface area contributed by atoms with Crippen LogP contribution in [0.2, 0.25) is 5.02 Å². The molecule has 0 saturated carbocycles. The number of benzene rings is 2. The van der Waals surface area contributed by atoms with E-state index in [9.17, 15) is 4.79 Å². The second-order valence-electron chi connectivity index (χ2n) is 6.33. The molecule has 3 aromatic rings. The third-order valence-electron chi connectivity index (χ3n) is 4.40. The van der Waals surface area contributed by atoms with Crippen LogP contribution < -0.4 is 15.4 Å². The lowest BCUT2D eigenvalue weighted by Gasteiger charge is -2.10. The van der Waals surface area contributed by atoms with Gasteiger partial charge in [-0.15, -0.1) is 0 Å². The molecule has 2 aromatic carbocycles. The van der Waals surface area contributed by atoms with Crippen LogP contribution in [-0.4, -0.2) is 24.5 Å². The van der Waals surface area contributed by atoms with Crippen LogP contribution in [0.3, 0.4) is 0 Å². The van der Waals surface area contributed by atoms with Crippen LogP contribution in [0.15, 0.2) is 60.8 Å². The minimum absolute atomic E-state index is 0.221. The van der Waals surface area contributed by atoms with E-state index >= 15 is 0 Å². The number of nitrogens with one attached hydrogen (secondary N) is 2. The number of pyridine rings is 1. The first-order valence-electron chi connectivity index (χ1n) is 8.96. The molecule has 0 bridgehead atoms. The van der Waals surface area contributed by atoms with Crippen LogP contribution in [0.25, 0.3) is 0 Å². The van der Waals surface area contributed by atoms with Crippen LogP contribution in [0.4, 0.5) is 11.5 Å². The van der Waals surface area contributed by atoms with E-state index in [0.717, 1.165) is 30.1 Å². The van der Waals surface area contributed by atoms with E-state index < -0.39 is 0 Å². The number of methoxy groups -OCH3 is 1. The Morgan fingerprint density at radius 2 is 1.96 bits per heavy atom. The Hall–Kier alpha value is -3.05. The zero-order valence-corrected chi connectivity index (χ0v) is 16.6. The Balaban J connectivity index is 1.55. The molecule has 0 radical (unpaired) electrons. The van der Waals surface area contributed by atoms with Gasteiger partial charge in [0, 0.05) is 23.5 Å². The number of rotatable bonds is 7. The number of hydrogen-bond acceptors (Lipinski definition) is 4. The fraction of sp³-hybridized carbons (Fsp3) is 0.182. The van der Waals surface area contributed by atoms with Crippen molar-refractivity contribution in [2.24, 2.45) is 0 Å². The molecule has 5 nitrogen and oxygen atoms in total. The number of aromatic nitrogens is 1. The van der Waals surface area contributed by atoms with E-state index in [-0.39, 0.29) is 5.91 Å². The quantitative estimate of drug-likeness (QED) is 0.593. The zero-order chi connectivity index (χ0) is 19.9. The molecule has 28 heavy (non-hydrogen) atoms. The molecule has 1 heterocycles. The van der Waals surface area contributed by atoms with Crippen molar-refractivity contribution in [3.8, 4) is 5.75 Å². The van der Waals surface area contributed by atoms with Gasteiger partial charge in [-0.3, -0.25) is 4.79 Å². The Morgan fingerprint density at radius 3 is 2.71 bits per heavy atom. The average molecular weight is 396 g/mol. The lowest BCUT2D eigenvalue weighted by molar-refractivity contribution is 0.102. The molecular weight excluding hydrogens is 374 g/mol. The van der Waals surface area contributed by atoms with Crippen molar-refractivity contribution < 1.29 is 9.53 Å². The number of hydrogen-bond donors (Lipinski definition) is 2. The molecule has 0 aliphatic rings. The smallest absolute Gasteiger partial charge is 0.257 e. The molecule has 0 fully saturated rings. The molecule has 2 N–H and O–H groups in total. The molecule has 0 spiro atoms. The topological polar surface area (TPSA) is 63.2 Å². The summed E-state index contributed by atoms with van der Waals surface area (Å²) in [6.07, 6.45) is 2.40. The summed E-state index contributed by atoms with van der Waals surface area (Å²) < 4.78 is 5.23. The molecule has 1 aromatic heterocycles. The van der Waals surface area contributed by atoms with Gasteiger partial charge in [-0.2, -0.15) is 0 Å². The number of halogens is 1. The summed E-state index contributed by atoms with van der Waals surface area (Å²) in [5, 5.41) is 6.75. The van der Waals surface area contributed by atoms with Crippen molar-refractivity contribution in [2.75, 3.05) is 24.3 Å². The fourth-order valence-electron chi connectivity index (χ4n) is 2.73. The molecule has 6 heteroatoms. The highest BCUT2D eigenvalue weighted by Gasteiger charge is 2.09. The van der Waals surface area contributed by atoms with Gasteiger partial charge in [-0.1, -0.05) is 29.8 Å². The van der Waals surface area contributed by atoms with Crippen molar-refractivity contribution in [2.45, 2.75) is 13.3 Å². The summed E-state index contributed by atoms with van der Waals surface area (Å²) in [6.45, 7) is 2.60. The van der Waals surface area contributed by atoms with E-state index in [1.54, 1.807) is 37.6 Å². The lowest BCUT2D eigenvalue weighted by atomic mass is 10.1. The van der Waals surface area contributed by atoms with Gasteiger partial charge in [0.2, 0.25) is 0 Å². The second kappa shape index (κ2) is 9.24. The lowest BCUT2D eigenvalue weighted by Crippen LogP contribution is -2.13. The summed E-state index contributed by atoms with van der Waals surface area (Å²) >= 11 is 6.09. The minimum Gasteiger partial charge on any atom is -0.497 e. The number of carbonyl (C=O) groups excluding carboxylic acids is 1. The minimum atomic E-state index is -0.221. The first kappa shape index (κ1) is 19.7. The highest BCUT2D eigenvalue weighted by atomic mass is 35.5. The number of amides is 1. The maximum atomic E-state index is 12.4. The predicted octanol–water partition coefficient (Wildman–Crippen LogP) is 4.96. The summed E-state index contributed by atoms with van der Waals surface area (Å²) in [6, 6.07) is 16.9. The average Bonchev–Trinajstić information content (AvgIpc) is 2.72. The predicted molar refractivity (Wildman–Crippen MR) is 114 cm³/mol. The van der Waals surface area contributed by atoms with Gasteiger partial charge in [0.25, 0.3) is 5.91 Å². The first-order valence-corrected chi connectivity index (χ1v) is 9.34.